The van der Waals surface area contributed by atoms with Crippen LogP contribution >= 0.6 is 24.0 Å². The van der Waals surface area contributed by atoms with Gasteiger partial charge in [-0.3, -0.25) is 14.5 Å². The minimum atomic E-state index is -0.108. The van der Waals surface area contributed by atoms with Crippen molar-refractivity contribution in [3.8, 4) is 0 Å². The van der Waals surface area contributed by atoms with E-state index in [4.69, 9.17) is 17.0 Å². The summed E-state index contributed by atoms with van der Waals surface area (Å²) in [5, 5.41) is 1.000. The van der Waals surface area contributed by atoms with Gasteiger partial charge in [-0.25, -0.2) is 0 Å². The zero-order chi connectivity index (χ0) is 24.0. The molecule has 0 radical (unpaired) electrons. The Kier molecular flexibility index (Phi) is 6.57. The van der Waals surface area contributed by atoms with E-state index < -0.39 is 0 Å². The molecule has 2 saturated heterocycles. The molecule has 3 heterocycles. The minimum Gasteiger partial charge on any atom is -0.372 e. The van der Waals surface area contributed by atoms with Gasteiger partial charge in [0.25, 0.3) is 11.5 Å². The summed E-state index contributed by atoms with van der Waals surface area (Å²) in [6.45, 7) is 5.48. The zero-order valence-corrected chi connectivity index (χ0v) is 21.6. The third kappa shape index (κ3) is 4.20. The average Bonchev–Trinajstić information content (AvgIpc) is 3.10. The Labute approximate surface area is 209 Å². The Bertz CT molecular complexity index is 1220. The van der Waals surface area contributed by atoms with Crippen LogP contribution in [0.15, 0.2) is 34.0 Å². The number of hydrogen-bond acceptors (Lipinski definition) is 6. The highest BCUT2D eigenvalue weighted by Gasteiger charge is 2.38. The van der Waals surface area contributed by atoms with E-state index in [9.17, 15) is 9.59 Å². The molecule has 1 aliphatic carbocycles. The number of carbonyl (C=O) groups excluding carboxylic acids is 1. The highest BCUT2D eigenvalue weighted by molar-refractivity contribution is 8.26. The normalized spacial score (nSPS) is 25.7. The van der Waals surface area contributed by atoms with Crippen LogP contribution in [0.5, 0.6) is 0 Å². The summed E-state index contributed by atoms with van der Waals surface area (Å²) < 4.78 is 8.25. The number of carbonyl (C=O) groups is 1. The third-order valence-electron chi connectivity index (χ3n) is 7.09. The molecule has 180 valence electrons. The lowest BCUT2D eigenvalue weighted by molar-refractivity contribution is -0.124. The van der Waals surface area contributed by atoms with Gasteiger partial charge < -0.3 is 14.2 Å². The first-order valence-corrected chi connectivity index (χ1v) is 13.4. The molecule has 34 heavy (non-hydrogen) atoms. The van der Waals surface area contributed by atoms with Crippen molar-refractivity contribution in [3.63, 3.8) is 0 Å². The third-order valence-corrected chi connectivity index (χ3v) is 8.42. The molecule has 2 unspecified atom stereocenters. The Morgan fingerprint density at radius 3 is 2.44 bits per heavy atom. The number of hydrogen-bond donors (Lipinski definition) is 0. The Morgan fingerprint density at radius 1 is 1.06 bits per heavy atom. The van der Waals surface area contributed by atoms with Crippen molar-refractivity contribution in [2.45, 2.75) is 64.2 Å². The molecule has 1 aromatic carbocycles. The smallest absolute Gasteiger partial charge is 0.266 e. The van der Waals surface area contributed by atoms with Crippen LogP contribution in [0.3, 0.4) is 0 Å². The standard InChI is InChI=1S/C26H31N3O3S2/c1-16-14-28(15-17(2)32-16)23-19-11-7-8-12-21(19)27(3)24(30)20(23)13-22-25(31)29(26(33)34-22)18-9-5-4-6-10-18/h7-8,11-13,16-18H,4-6,9-10,14-15H2,1-3H3. The fourth-order valence-electron chi connectivity index (χ4n) is 5.60. The van der Waals surface area contributed by atoms with Crippen molar-refractivity contribution >= 4 is 56.9 Å². The van der Waals surface area contributed by atoms with Crippen LogP contribution in [-0.4, -0.2) is 51.0 Å². The first-order valence-electron chi connectivity index (χ1n) is 12.1. The molecule has 1 saturated carbocycles. The molecule has 0 spiro atoms. The number of morpholine rings is 1. The van der Waals surface area contributed by atoms with Crippen LogP contribution in [0.25, 0.3) is 17.0 Å². The number of anilines is 1. The molecule has 2 aliphatic heterocycles. The molecule has 3 aliphatic rings. The van der Waals surface area contributed by atoms with Gasteiger partial charge in [-0.15, -0.1) is 0 Å². The van der Waals surface area contributed by atoms with Gasteiger partial charge in [0.2, 0.25) is 0 Å². The van der Waals surface area contributed by atoms with Gasteiger partial charge in [0.05, 0.1) is 33.9 Å². The maximum Gasteiger partial charge on any atom is 0.266 e. The first kappa shape index (κ1) is 23.6. The summed E-state index contributed by atoms with van der Waals surface area (Å²) in [5.74, 6) is -0.0632. The van der Waals surface area contributed by atoms with Crippen molar-refractivity contribution in [2.75, 3.05) is 18.0 Å². The summed E-state index contributed by atoms with van der Waals surface area (Å²) in [7, 11) is 1.80. The van der Waals surface area contributed by atoms with E-state index in [1.165, 1.54) is 18.2 Å². The van der Waals surface area contributed by atoms with E-state index in [-0.39, 0.29) is 29.7 Å². The summed E-state index contributed by atoms with van der Waals surface area (Å²) in [6, 6.07) is 8.15. The molecule has 1 amide bonds. The number of aromatic nitrogens is 1. The summed E-state index contributed by atoms with van der Waals surface area (Å²) in [5.41, 5.74) is 2.19. The van der Waals surface area contributed by atoms with Crippen molar-refractivity contribution in [3.05, 3.63) is 45.1 Å². The molecule has 2 atom stereocenters. The highest BCUT2D eigenvalue weighted by Crippen LogP contribution is 2.39. The second-order valence-electron chi connectivity index (χ2n) is 9.65. The number of pyridine rings is 1. The van der Waals surface area contributed by atoms with Crippen LogP contribution in [0.2, 0.25) is 0 Å². The van der Waals surface area contributed by atoms with E-state index in [1.807, 2.05) is 18.2 Å². The van der Waals surface area contributed by atoms with Gasteiger partial charge in [0.15, 0.2) is 0 Å². The molecule has 0 N–H and O–H groups in total. The lowest BCUT2D eigenvalue weighted by Crippen LogP contribution is -2.46. The van der Waals surface area contributed by atoms with Crippen LogP contribution in [-0.2, 0) is 16.6 Å². The fraction of sp³-hybridized carbons (Fsp3) is 0.500. The topological polar surface area (TPSA) is 54.8 Å². The van der Waals surface area contributed by atoms with Gasteiger partial charge >= 0.3 is 0 Å². The largest absolute Gasteiger partial charge is 0.372 e. The fourth-order valence-corrected chi connectivity index (χ4v) is 6.98. The Hall–Kier alpha value is -2.16. The van der Waals surface area contributed by atoms with E-state index in [2.05, 4.69) is 24.8 Å². The number of thioether (sulfide) groups is 1. The van der Waals surface area contributed by atoms with Crippen LogP contribution in [0.4, 0.5) is 5.69 Å². The molecule has 3 fully saturated rings. The van der Waals surface area contributed by atoms with E-state index in [0.29, 0.717) is 27.9 Å². The van der Waals surface area contributed by atoms with Gasteiger partial charge in [-0.2, -0.15) is 0 Å². The molecule has 8 heteroatoms. The highest BCUT2D eigenvalue weighted by atomic mass is 32.2. The predicted molar refractivity (Wildman–Crippen MR) is 143 cm³/mol. The molecular weight excluding hydrogens is 466 g/mol. The number of thiocarbonyl (C=S) groups is 1. The van der Waals surface area contributed by atoms with Gasteiger partial charge in [-0.05, 0) is 38.8 Å². The molecule has 5 rings (SSSR count). The molecule has 0 bridgehead atoms. The Morgan fingerprint density at radius 2 is 1.74 bits per heavy atom. The van der Waals surface area contributed by atoms with E-state index >= 15 is 0 Å². The molecular formula is C26H31N3O3S2. The van der Waals surface area contributed by atoms with Gasteiger partial charge in [0, 0.05) is 31.6 Å². The quantitative estimate of drug-likeness (QED) is 0.453. The number of rotatable bonds is 3. The van der Waals surface area contributed by atoms with Gasteiger partial charge in [0.1, 0.15) is 4.32 Å². The summed E-state index contributed by atoms with van der Waals surface area (Å²) >= 11 is 6.96. The summed E-state index contributed by atoms with van der Waals surface area (Å²) in [6.07, 6.45) is 7.34. The second-order valence-corrected chi connectivity index (χ2v) is 11.3. The number of nitrogens with zero attached hydrogens (tertiary/aromatic N) is 3. The van der Waals surface area contributed by atoms with E-state index in [0.717, 1.165) is 42.3 Å². The van der Waals surface area contributed by atoms with Crippen molar-refractivity contribution in [2.24, 2.45) is 7.05 Å². The predicted octanol–water partition coefficient (Wildman–Crippen LogP) is 4.69. The first-order chi connectivity index (χ1) is 16.3. The number of amides is 1. The van der Waals surface area contributed by atoms with Crippen LogP contribution in [0, 0.1) is 0 Å². The number of fused-ring (bicyclic) bond motifs is 1. The van der Waals surface area contributed by atoms with Crippen molar-refractivity contribution in [1.29, 1.82) is 0 Å². The number of benzene rings is 1. The molecule has 2 aromatic rings. The molecule has 6 nitrogen and oxygen atoms in total. The lowest BCUT2D eigenvalue weighted by atomic mass is 9.94. The zero-order valence-electron chi connectivity index (χ0n) is 20.0. The van der Waals surface area contributed by atoms with Crippen LogP contribution in [0.1, 0.15) is 51.5 Å². The molecule has 1 aromatic heterocycles. The van der Waals surface area contributed by atoms with Crippen molar-refractivity contribution in [1.82, 2.24) is 9.47 Å². The van der Waals surface area contributed by atoms with Crippen molar-refractivity contribution < 1.29 is 9.53 Å². The maximum absolute atomic E-state index is 13.7. The SMILES string of the molecule is CC1CN(c2c(C=C3SC(=S)N(C4CCCCC4)C3=O)c(=O)n(C)c3ccccc23)CC(C)O1. The number of ether oxygens (including phenoxy) is 1. The second kappa shape index (κ2) is 9.47. The monoisotopic (exact) mass is 497 g/mol. The number of para-hydroxylation sites is 1. The van der Waals surface area contributed by atoms with E-state index in [1.54, 1.807) is 22.6 Å². The summed E-state index contributed by atoms with van der Waals surface area (Å²) in [4.78, 5) is 31.7. The Balaban J connectivity index is 1.64. The van der Waals surface area contributed by atoms with Crippen LogP contribution < -0.4 is 10.5 Å². The lowest BCUT2D eigenvalue weighted by Gasteiger charge is -2.38. The number of aryl methyl sites for hydroxylation is 1. The van der Waals surface area contributed by atoms with Gasteiger partial charge in [-0.1, -0.05) is 61.4 Å². The average molecular weight is 498 g/mol. The minimum absolute atomic E-state index is 0.0453. The maximum atomic E-state index is 13.7.